The first-order valence-corrected chi connectivity index (χ1v) is 7.38. The number of likely N-dealkylation sites (tertiary alicyclic amines) is 1. The van der Waals surface area contributed by atoms with Gasteiger partial charge < -0.3 is 14.7 Å². The van der Waals surface area contributed by atoms with Crippen LogP contribution in [0.2, 0.25) is 0 Å². The van der Waals surface area contributed by atoms with Gasteiger partial charge in [-0.25, -0.2) is 9.18 Å². The third-order valence-corrected chi connectivity index (χ3v) is 3.97. The van der Waals surface area contributed by atoms with Gasteiger partial charge in [0.1, 0.15) is 17.6 Å². The van der Waals surface area contributed by atoms with E-state index in [-0.39, 0.29) is 12.5 Å². The molecule has 1 atom stereocenters. The predicted molar refractivity (Wildman–Crippen MR) is 76.6 cm³/mol. The summed E-state index contributed by atoms with van der Waals surface area (Å²) in [4.78, 5) is 24.6. The number of nitrogens with zero attached hydrogens (tertiary/aromatic N) is 1. The van der Waals surface area contributed by atoms with Crippen LogP contribution in [-0.4, -0.2) is 41.1 Å². The van der Waals surface area contributed by atoms with Gasteiger partial charge in [0.25, 0.3) is 5.91 Å². The predicted octanol–water partition coefficient (Wildman–Crippen LogP) is 2.43. The molecule has 0 saturated carbocycles. The summed E-state index contributed by atoms with van der Waals surface area (Å²) in [6.07, 6.45) is 2.04. The maximum atomic E-state index is 13.0. The standard InChI is InChI=1S/C14H15BrFNO4/c15-10-7-9(16)4-5-12(10)21-8-13(18)17-6-2-1-3-11(17)14(19)20/h4-5,7,11H,1-3,6,8H2,(H,19,20)/t11-/m0/s1. The molecule has 0 bridgehead atoms. The highest BCUT2D eigenvalue weighted by Crippen LogP contribution is 2.25. The Morgan fingerprint density at radius 1 is 1.43 bits per heavy atom. The molecular formula is C14H15BrFNO4. The molecule has 2 rings (SSSR count). The second kappa shape index (κ2) is 6.89. The van der Waals surface area contributed by atoms with Gasteiger partial charge in [-0.3, -0.25) is 4.79 Å². The van der Waals surface area contributed by atoms with E-state index in [2.05, 4.69) is 15.9 Å². The van der Waals surface area contributed by atoms with Crippen molar-refractivity contribution in [2.45, 2.75) is 25.3 Å². The number of carbonyl (C=O) groups is 2. The van der Waals surface area contributed by atoms with Crippen molar-refractivity contribution >= 4 is 27.8 Å². The molecule has 114 valence electrons. The van der Waals surface area contributed by atoms with Crippen LogP contribution in [0, 0.1) is 5.82 Å². The zero-order chi connectivity index (χ0) is 15.4. The Kier molecular flexibility index (Phi) is 5.17. The number of hydrogen-bond donors (Lipinski definition) is 1. The highest BCUT2D eigenvalue weighted by molar-refractivity contribution is 9.10. The van der Waals surface area contributed by atoms with E-state index in [1.54, 1.807) is 0 Å². The number of amides is 1. The van der Waals surface area contributed by atoms with E-state index in [0.717, 1.165) is 12.8 Å². The minimum Gasteiger partial charge on any atom is -0.483 e. The smallest absolute Gasteiger partial charge is 0.326 e. The number of rotatable bonds is 4. The first-order chi connectivity index (χ1) is 9.99. The minimum atomic E-state index is -0.994. The Bertz CT molecular complexity index is 552. The molecule has 1 amide bonds. The van der Waals surface area contributed by atoms with Gasteiger partial charge in [-0.1, -0.05) is 0 Å². The van der Waals surface area contributed by atoms with Gasteiger partial charge >= 0.3 is 5.97 Å². The monoisotopic (exact) mass is 359 g/mol. The highest BCUT2D eigenvalue weighted by Gasteiger charge is 2.32. The SMILES string of the molecule is O=C(O)[C@@H]1CCCCN1C(=O)COc1ccc(F)cc1Br. The number of piperidine rings is 1. The number of aliphatic carboxylic acids is 1. The maximum absolute atomic E-state index is 13.0. The summed E-state index contributed by atoms with van der Waals surface area (Å²) in [5, 5.41) is 9.13. The topological polar surface area (TPSA) is 66.8 Å². The summed E-state index contributed by atoms with van der Waals surface area (Å²) in [6.45, 7) is 0.151. The highest BCUT2D eigenvalue weighted by atomic mass is 79.9. The molecule has 0 aromatic heterocycles. The van der Waals surface area contributed by atoms with Crippen molar-refractivity contribution in [2.24, 2.45) is 0 Å². The molecule has 5 nitrogen and oxygen atoms in total. The van der Waals surface area contributed by atoms with Crippen molar-refractivity contribution in [3.05, 3.63) is 28.5 Å². The average Bonchev–Trinajstić information content (AvgIpc) is 2.46. The van der Waals surface area contributed by atoms with E-state index >= 15 is 0 Å². The molecule has 1 aliphatic heterocycles. The Morgan fingerprint density at radius 2 is 2.19 bits per heavy atom. The summed E-state index contributed by atoms with van der Waals surface area (Å²) < 4.78 is 18.7. The fourth-order valence-electron chi connectivity index (χ4n) is 2.30. The number of hydrogen-bond acceptors (Lipinski definition) is 3. The Hall–Kier alpha value is -1.63. The number of carboxylic acid groups (broad SMARTS) is 1. The van der Waals surface area contributed by atoms with Crippen molar-refractivity contribution in [1.29, 1.82) is 0 Å². The lowest BCUT2D eigenvalue weighted by atomic mass is 10.0. The zero-order valence-corrected chi connectivity index (χ0v) is 12.8. The van der Waals surface area contributed by atoms with Crippen molar-refractivity contribution in [1.82, 2.24) is 4.90 Å². The van der Waals surface area contributed by atoms with Crippen LogP contribution >= 0.6 is 15.9 Å². The molecule has 1 saturated heterocycles. The molecule has 21 heavy (non-hydrogen) atoms. The lowest BCUT2D eigenvalue weighted by molar-refractivity contribution is -0.152. The fraction of sp³-hybridized carbons (Fsp3) is 0.429. The lowest BCUT2D eigenvalue weighted by Crippen LogP contribution is -2.49. The van der Waals surface area contributed by atoms with E-state index in [1.165, 1.54) is 23.1 Å². The number of halogens is 2. The summed E-state index contributed by atoms with van der Waals surface area (Å²) in [6, 6.07) is 3.09. The molecule has 1 aliphatic rings. The molecule has 0 radical (unpaired) electrons. The third-order valence-electron chi connectivity index (χ3n) is 3.35. The van der Waals surface area contributed by atoms with E-state index in [4.69, 9.17) is 9.84 Å². The number of carboxylic acids is 1. The van der Waals surface area contributed by atoms with Crippen LogP contribution in [0.5, 0.6) is 5.75 Å². The molecule has 0 spiro atoms. The molecule has 0 unspecified atom stereocenters. The number of carbonyl (C=O) groups excluding carboxylic acids is 1. The number of ether oxygens (including phenoxy) is 1. The van der Waals surface area contributed by atoms with Crippen molar-refractivity contribution in [3.63, 3.8) is 0 Å². The van der Waals surface area contributed by atoms with Gasteiger partial charge in [-0.2, -0.15) is 0 Å². The van der Waals surface area contributed by atoms with Crippen LogP contribution in [-0.2, 0) is 9.59 Å². The molecule has 1 aromatic rings. The van der Waals surface area contributed by atoms with Crippen molar-refractivity contribution in [3.8, 4) is 5.75 Å². The van der Waals surface area contributed by atoms with Gasteiger partial charge in [0.05, 0.1) is 4.47 Å². The fourth-order valence-corrected chi connectivity index (χ4v) is 2.77. The Labute approximate surface area is 129 Å². The normalized spacial score (nSPS) is 18.4. The van der Waals surface area contributed by atoms with Crippen molar-refractivity contribution in [2.75, 3.05) is 13.2 Å². The second-order valence-electron chi connectivity index (χ2n) is 4.80. The maximum Gasteiger partial charge on any atom is 0.326 e. The van der Waals surface area contributed by atoms with Gasteiger partial charge in [0.2, 0.25) is 0 Å². The largest absolute Gasteiger partial charge is 0.483 e. The van der Waals surface area contributed by atoms with E-state index in [9.17, 15) is 14.0 Å². The summed E-state index contributed by atoms with van der Waals surface area (Å²) in [5.74, 6) is -1.44. The van der Waals surface area contributed by atoms with Crippen LogP contribution in [0.4, 0.5) is 4.39 Å². The zero-order valence-electron chi connectivity index (χ0n) is 11.2. The number of benzene rings is 1. The molecule has 0 aliphatic carbocycles. The Balaban J connectivity index is 1.98. The Morgan fingerprint density at radius 3 is 2.86 bits per heavy atom. The van der Waals surface area contributed by atoms with Crippen LogP contribution in [0.1, 0.15) is 19.3 Å². The van der Waals surface area contributed by atoms with Crippen LogP contribution in [0.15, 0.2) is 22.7 Å². The van der Waals surface area contributed by atoms with Gasteiger partial charge in [-0.05, 0) is 53.4 Å². The van der Waals surface area contributed by atoms with E-state index in [0.29, 0.717) is 23.2 Å². The summed E-state index contributed by atoms with van der Waals surface area (Å²) in [5.41, 5.74) is 0. The first-order valence-electron chi connectivity index (χ1n) is 6.59. The molecular weight excluding hydrogens is 345 g/mol. The molecule has 7 heteroatoms. The van der Waals surface area contributed by atoms with E-state index in [1.807, 2.05) is 0 Å². The quantitative estimate of drug-likeness (QED) is 0.896. The van der Waals surface area contributed by atoms with Crippen molar-refractivity contribution < 1.29 is 23.8 Å². The molecule has 1 fully saturated rings. The van der Waals surface area contributed by atoms with Crippen LogP contribution < -0.4 is 4.74 Å². The minimum absolute atomic E-state index is 0.270. The summed E-state index contributed by atoms with van der Waals surface area (Å²) >= 11 is 3.14. The third kappa shape index (κ3) is 3.93. The molecule has 1 heterocycles. The van der Waals surface area contributed by atoms with Gasteiger partial charge in [0, 0.05) is 6.54 Å². The van der Waals surface area contributed by atoms with E-state index < -0.39 is 17.8 Å². The average molecular weight is 360 g/mol. The van der Waals surface area contributed by atoms with Crippen LogP contribution in [0.3, 0.4) is 0 Å². The summed E-state index contributed by atoms with van der Waals surface area (Å²) in [7, 11) is 0. The lowest BCUT2D eigenvalue weighted by Gasteiger charge is -2.32. The second-order valence-corrected chi connectivity index (χ2v) is 5.65. The van der Waals surface area contributed by atoms with Gasteiger partial charge in [-0.15, -0.1) is 0 Å². The molecule has 1 N–H and O–H groups in total. The van der Waals surface area contributed by atoms with Crippen LogP contribution in [0.25, 0.3) is 0 Å². The van der Waals surface area contributed by atoms with Gasteiger partial charge in [0.15, 0.2) is 6.61 Å². The molecule has 1 aromatic carbocycles. The first kappa shape index (κ1) is 15.8.